The molecular weight excluding hydrogens is 444 g/mol. The van der Waals surface area contributed by atoms with Crippen molar-refractivity contribution in [3.05, 3.63) is 41.0 Å². The summed E-state index contributed by atoms with van der Waals surface area (Å²) in [5.41, 5.74) is 2.98. The van der Waals surface area contributed by atoms with E-state index in [0.717, 1.165) is 50.2 Å². The highest BCUT2D eigenvalue weighted by molar-refractivity contribution is 8.00. The third-order valence-electron chi connectivity index (χ3n) is 10.0. The highest BCUT2D eigenvalue weighted by atomic mass is 32.2. The normalized spacial score (nSPS) is 40.9. The van der Waals surface area contributed by atoms with Gasteiger partial charge in [0, 0.05) is 40.7 Å². The number of hydrogen-bond donors (Lipinski definition) is 1. The van der Waals surface area contributed by atoms with Crippen LogP contribution >= 0.6 is 11.8 Å². The van der Waals surface area contributed by atoms with Crippen molar-refractivity contribution in [2.75, 3.05) is 13.2 Å². The summed E-state index contributed by atoms with van der Waals surface area (Å²) in [5, 5.41) is 12.8. The van der Waals surface area contributed by atoms with Gasteiger partial charge in [0.15, 0.2) is 5.79 Å². The van der Waals surface area contributed by atoms with E-state index in [1.54, 1.807) is 0 Å². The molecule has 7 rings (SSSR count). The molecular formula is C29H36O4S. The Morgan fingerprint density at radius 1 is 1.00 bits per heavy atom. The maximum atomic E-state index is 13.2. The molecule has 1 aromatic carbocycles. The van der Waals surface area contributed by atoms with Crippen molar-refractivity contribution >= 4 is 17.5 Å². The molecule has 1 N–H and O–H groups in total. The van der Waals surface area contributed by atoms with E-state index in [4.69, 9.17) is 9.47 Å². The van der Waals surface area contributed by atoms with Gasteiger partial charge < -0.3 is 14.6 Å². The summed E-state index contributed by atoms with van der Waals surface area (Å²) in [7, 11) is 0. The van der Waals surface area contributed by atoms with Gasteiger partial charge in [0.1, 0.15) is 5.78 Å². The number of Topliss-reactive ketones (excluding diaryl/α,β-unsaturated/α-hetero) is 1. The van der Waals surface area contributed by atoms with Crippen molar-refractivity contribution in [1.82, 2.24) is 0 Å². The van der Waals surface area contributed by atoms with Gasteiger partial charge in [0.05, 0.1) is 18.8 Å². The molecule has 5 atom stereocenters. The van der Waals surface area contributed by atoms with E-state index in [2.05, 4.69) is 31.2 Å². The number of hydrogen-bond acceptors (Lipinski definition) is 5. The zero-order chi connectivity index (χ0) is 23.1. The lowest BCUT2D eigenvalue weighted by atomic mass is 9.51. The first-order valence-electron chi connectivity index (χ1n) is 13.4. The van der Waals surface area contributed by atoms with E-state index >= 15 is 0 Å². The van der Waals surface area contributed by atoms with Crippen molar-refractivity contribution in [2.45, 2.75) is 98.6 Å². The fourth-order valence-electron chi connectivity index (χ4n) is 8.24. The Morgan fingerprint density at radius 2 is 1.76 bits per heavy atom. The number of fused-ring (bicyclic) bond motifs is 4. The number of benzene rings is 1. The predicted octanol–water partition coefficient (Wildman–Crippen LogP) is 5.78. The lowest BCUT2D eigenvalue weighted by Crippen LogP contribution is -2.53. The molecule has 182 valence electrons. The lowest BCUT2D eigenvalue weighted by molar-refractivity contribution is -0.208. The molecule has 5 heteroatoms. The zero-order valence-electron chi connectivity index (χ0n) is 20.2. The summed E-state index contributed by atoms with van der Waals surface area (Å²) >= 11 is 2.00. The van der Waals surface area contributed by atoms with Crippen LogP contribution in [0, 0.1) is 17.3 Å². The van der Waals surface area contributed by atoms with Crippen LogP contribution in [0.4, 0.5) is 0 Å². The van der Waals surface area contributed by atoms with Gasteiger partial charge in [-0.1, -0.05) is 24.6 Å². The van der Waals surface area contributed by atoms with Crippen LogP contribution in [0.15, 0.2) is 40.3 Å². The highest BCUT2D eigenvalue weighted by Gasteiger charge is 2.60. The Labute approximate surface area is 206 Å². The topological polar surface area (TPSA) is 55.8 Å². The van der Waals surface area contributed by atoms with Gasteiger partial charge in [-0.15, -0.1) is 11.8 Å². The Morgan fingerprint density at radius 3 is 2.50 bits per heavy atom. The Balaban J connectivity index is 1.31. The Kier molecular flexibility index (Phi) is 4.99. The number of rotatable bonds is 3. The minimum Gasteiger partial charge on any atom is -0.385 e. The molecule has 5 fully saturated rings. The van der Waals surface area contributed by atoms with Gasteiger partial charge >= 0.3 is 0 Å². The summed E-state index contributed by atoms with van der Waals surface area (Å²) in [6, 6.07) is 9.19. The fraction of sp³-hybridized carbons (Fsp3) is 0.690. The second-order valence-corrected chi connectivity index (χ2v) is 13.4. The number of thioether (sulfide) groups is 1. The summed E-state index contributed by atoms with van der Waals surface area (Å²) < 4.78 is 12.1. The summed E-state index contributed by atoms with van der Waals surface area (Å²) in [5.74, 6) is 0.904. The molecule has 0 aromatic heterocycles. The van der Waals surface area contributed by atoms with E-state index in [1.807, 2.05) is 11.8 Å². The first-order chi connectivity index (χ1) is 16.4. The molecule has 1 aromatic rings. The Hall–Kier alpha value is -1.14. The van der Waals surface area contributed by atoms with Crippen molar-refractivity contribution in [3.8, 4) is 0 Å². The molecule has 4 nitrogen and oxygen atoms in total. The second kappa shape index (κ2) is 7.68. The molecule has 34 heavy (non-hydrogen) atoms. The smallest absolute Gasteiger partial charge is 0.171 e. The molecule has 6 aliphatic rings. The third kappa shape index (κ3) is 3.33. The number of ether oxygens (including phenoxy) is 2. The van der Waals surface area contributed by atoms with E-state index in [-0.39, 0.29) is 11.3 Å². The third-order valence-corrected chi connectivity index (χ3v) is 11.4. The largest absolute Gasteiger partial charge is 0.385 e. The maximum Gasteiger partial charge on any atom is 0.171 e. The minimum atomic E-state index is -0.842. The maximum absolute atomic E-state index is 13.2. The highest BCUT2D eigenvalue weighted by Crippen LogP contribution is 2.64. The number of ketones is 1. The molecule has 0 bridgehead atoms. The summed E-state index contributed by atoms with van der Waals surface area (Å²) in [4.78, 5) is 14.5. The van der Waals surface area contributed by atoms with E-state index in [9.17, 15) is 9.90 Å². The molecule has 5 aliphatic carbocycles. The summed E-state index contributed by atoms with van der Waals surface area (Å²) in [6.07, 6.45) is 9.22. The van der Waals surface area contributed by atoms with E-state index in [1.165, 1.54) is 34.4 Å². The number of carbonyl (C=O) groups excluding carboxylic acids is 1. The van der Waals surface area contributed by atoms with E-state index < -0.39 is 11.4 Å². The molecule has 0 amide bonds. The monoisotopic (exact) mass is 480 g/mol. The zero-order valence-corrected chi connectivity index (χ0v) is 21.0. The fourth-order valence-corrected chi connectivity index (χ4v) is 9.29. The summed E-state index contributed by atoms with van der Waals surface area (Å²) in [6.45, 7) is 3.50. The SMILES string of the molecule is C[C@]12CC(c3ccc(SC4CC4)cc3)C3=C4CCC5(C[C@]4(O)CCC3C1CCC2=O)OCCO5. The minimum absolute atomic E-state index is 0.217. The average molecular weight is 481 g/mol. The van der Waals surface area contributed by atoms with Gasteiger partial charge in [0.25, 0.3) is 0 Å². The van der Waals surface area contributed by atoms with E-state index in [0.29, 0.717) is 37.3 Å². The lowest BCUT2D eigenvalue weighted by Gasteiger charge is -2.55. The molecule has 1 spiro atoms. The van der Waals surface area contributed by atoms with Gasteiger partial charge in [-0.2, -0.15) is 0 Å². The van der Waals surface area contributed by atoms with Crippen LogP contribution in [-0.2, 0) is 14.3 Å². The quantitative estimate of drug-likeness (QED) is 0.556. The van der Waals surface area contributed by atoms with Gasteiger partial charge in [-0.25, -0.2) is 0 Å². The van der Waals surface area contributed by atoms with Crippen LogP contribution < -0.4 is 0 Å². The van der Waals surface area contributed by atoms with Crippen LogP contribution in [0.25, 0.3) is 0 Å². The van der Waals surface area contributed by atoms with Crippen LogP contribution in [0.3, 0.4) is 0 Å². The molecule has 1 saturated heterocycles. The molecule has 1 heterocycles. The molecule has 4 saturated carbocycles. The number of carbonyl (C=O) groups is 1. The van der Waals surface area contributed by atoms with Gasteiger partial charge in [-0.05, 0) is 80.1 Å². The molecule has 3 unspecified atom stereocenters. The van der Waals surface area contributed by atoms with Crippen molar-refractivity contribution in [2.24, 2.45) is 17.3 Å². The van der Waals surface area contributed by atoms with Gasteiger partial charge in [-0.3, -0.25) is 4.79 Å². The average Bonchev–Trinajstić information content (AvgIpc) is 3.45. The second-order valence-electron chi connectivity index (χ2n) is 12.0. The van der Waals surface area contributed by atoms with Gasteiger partial charge in [0.2, 0.25) is 0 Å². The van der Waals surface area contributed by atoms with Crippen molar-refractivity contribution < 1.29 is 19.4 Å². The van der Waals surface area contributed by atoms with Crippen LogP contribution in [0.2, 0.25) is 0 Å². The van der Waals surface area contributed by atoms with Crippen molar-refractivity contribution in [1.29, 1.82) is 0 Å². The first kappa shape index (κ1) is 22.1. The number of aliphatic hydroxyl groups is 1. The molecule has 0 radical (unpaired) electrons. The standard InChI is InChI=1S/C29H36O4S/c1-27-16-22(18-2-4-19(5-3-18)34-20-6-7-20)26-21(23(27)8-9-25(27)30)10-12-28(31)17-29(13-11-24(26)28)32-14-15-33-29/h2-5,20-23,31H,6-17H2,1H3/t21?,22?,23?,27-,28+/m0/s1. The predicted molar refractivity (Wildman–Crippen MR) is 132 cm³/mol. The van der Waals surface area contributed by atoms with Crippen LogP contribution in [0.1, 0.15) is 82.6 Å². The number of allylic oxidation sites excluding steroid dienone is 1. The van der Waals surface area contributed by atoms with Crippen molar-refractivity contribution in [3.63, 3.8) is 0 Å². The van der Waals surface area contributed by atoms with Crippen LogP contribution in [0.5, 0.6) is 0 Å². The van der Waals surface area contributed by atoms with Crippen LogP contribution in [-0.4, -0.2) is 40.7 Å². The first-order valence-corrected chi connectivity index (χ1v) is 14.3. The Bertz CT molecular complexity index is 1040. The molecule has 1 aliphatic heterocycles.